The van der Waals surface area contributed by atoms with Crippen LogP contribution in [0.25, 0.3) is 0 Å². The van der Waals surface area contributed by atoms with Gasteiger partial charge in [0.1, 0.15) is 11.5 Å². The van der Waals surface area contributed by atoms with E-state index in [1.165, 1.54) is 19.3 Å². The Labute approximate surface area is 151 Å². The summed E-state index contributed by atoms with van der Waals surface area (Å²) in [5, 5.41) is 0. The number of aryl methyl sites for hydroxylation is 2. The SMILES string of the molecule is CCCCCCC(Oc1ccc(N)c(C)c1)Oc1cccc(C)c1N. The van der Waals surface area contributed by atoms with Crippen molar-refractivity contribution in [3.63, 3.8) is 0 Å². The van der Waals surface area contributed by atoms with Gasteiger partial charge in [0.25, 0.3) is 0 Å². The molecule has 2 aromatic carbocycles. The molecule has 0 aromatic heterocycles. The van der Waals surface area contributed by atoms with Crippen LogP contribution in [0, 0.1) is 13.8 Å². The Balaban J connectivity index is 2.11. The summed E-state index contributed by atoms with van der Waals surface area (Å²) in [5.74, 6) is 1.44. The maximum Gasteiger partial charge on any atom is 0.241 e. The van der Waals surface area contributed by atoms with Crippen LogP contribution in [-0.2, 0) is 0 Å². The molecule has 25 heavy (non-hydrogen) atoms. The minimum atomic E-state index is -0.371. The first-order valence-electron chi connectivity index (χ1n) is 9.05. The number of nitrogens with two attached hydrogens (primary N) is 2. The number of para-hydroxylation sites is 1. The molecule has 136 valence electrons. The van der Waals surface area contributed by atoms with Gasteiger partial charge in [0.05, 0.1) is 5.69 Å². The fourth-order valence-corrected chi connectivity index (χ4v) is 2.65. The van der Waals surface area contributed by atoms with Gasteiger partial charge in [-0.25, -0.2) is 0 Å². The highest BCUT2D eigenvalue weighted by Crippen LogP contribution is 2.28. The molecule has 4 heteroatoms. The first kappa shape index (κ1) is 19.0. The average Bonchev–Trinajstić information content (AvgIpc) is 2.59. The highest BCUT2D eigenvalue weighted by molar-refractivity contribution is 5.57. The predicted molar refractivity (Wildman–Crippen MR) is 105 cm³/mol. The zero-order chi connectivity index (χ0) is 18.2. The van der Waals surface area contributed by atoms with Crippen LogP contribution in [0.1, 0.15) is 50.2 Å². The Morgan fingerprint density at radius 1 is 0.920 bits per heavy atom. The summed E-state index contributed by atoms with van der Waals surface area (Å²) in [6.07, 6.45) is 5.09. The summed E-state index contributed by atoms with van der Waals surface area (Å²) in [5.41, 5.74) is 15.5. The minimum absolute atomic E-state index is 0.371. The number of nitrogen functional groups attached to an aromatic ring is 2. The molecule has 2 rings (SSSR count). The Morgan fingerprint density at radius 2 is 1.72 bits per heavy atom. The third-order valence-corrected chi connectivity index (χ3v) is 4.34. The molecule has 0 saturated heterocycles. The van der Waals surface area contributed by atoms with Gasteiger partial charge in [-0.1, -0.05) is 38.3 Å². The van der Waals surface area contributed by atoms with E-state index in [1.54, 1.807) is 0 Å². The fourth-order valence-electron chi connectivity index (χ4n) is 2.65. The van der Waals surface area contributed by atoms with E-state index < -0.39 is 0 Å². The molecule has 1 atom stereocenters. The molecule has 4 nitrogen and oxygen atoms in total. The van der Waals surface area contributed by atoms with Crippen molar-refractivity contribution in [2.24, 2.45) is 0 Å². The third-order valence-electron chi connectivity index (χ3n) is 4.34. The molecule has 0 aliphatic heterocycles. The zero-order valence-electron chi connectivity index (χ0n) is 15.5. The zero-order valence-corrected chi connectivity index (χ0v) is 15.5. The number of rotatable bonds is 9. The lowest BCUT2D eigenvalue weighted by Crippen LogP contribution is -2.24. The molecule has 2 aromatic rings. The average molecular weight is 342 g/mol. The first-order valence-corrected chi connectivity index (χ1v) is 9.05. The molecular formula is C21H30N2O2. The summed E-state index contributed by atoms with van der Waals surface area (Å²) < 4.78 is 12.2. The smallest absolute Gasteiger partial charge is 0.241 e. The van der Waals surface area contributed by atoms with Crippen LogP contribution in [0.5, 0.6) is 11.5 Å². The van der Waals surface area contributed by atoms with Crippen molar-refractivity contribution in [3.8, 4) is 11.5 Å². The lowest BCUT2D eigenvalue weighted by atomic mass is 10.1. The van der Waals surface area contributed by atoms with Crippen LogP contribution in [-0.4, -0.2) is 6.29 Å². The van der Waals surface area contributed by atoms with Crippen LogP contribution in [0.3, 0.4) is 0 Å². The summed E-state index contributed by atoms with van der Waals surface area (Å²) in [7, 11) is 0. The van der Waals surface area contributed by atoms with E-state index >= 15 is 0 Å². The molecule has 4 N–H and O–H groups in total. The van der Waals surface area contributed by atoms with E-state index in [2.05, 4.69) is 6.92 Å². The van der Waals surface area contributed by atoms with Gasteiger partial charge in [-0.15, -0.1) is 0 Å². The molecule has 0 radical (unpaired) electrons. The van der Waals surface area contributed by atoms with Gasteiger partial charge in [0.2, 0.25) is 6.29 Å². The maximum absolute atomic E-state index is 6.15. The lowest BCUT2D eigenvalue weighted by molar-refractivity contribution is -0.00192. The molecule has 0 aliphatic rings. The highest BCUT2D eigenvalue weighted by atomic mass is 16.7. The summed E-state index contributed by atoms with van der Waals surface area (Å²) in [6, 6.07) is 11.5. The van der Waals surface area contributed by atoms with Crippen molar-refractivity contribution in [1.29, 1.82) is 0 Å². The molecule has 0 amide bonds. The van der Waals surface area contributed by atoms with Crippen molar-refractivity contribution in [2.75, 3.05) is 11.5 Å². The van der Waals surface area contributed by atoms with Gasteiger partial charge in [-0.05, 0) is 55.7 Å². The van der Waals surface area contributed by atoms with Crippen LogP contribution < -0.4 is 20.9 Å². The van der Waals surface area contributed by atoms with E-state index in [0.717, 1.165) is 35.4 Å². The predicted octanol–water partition coefficient (Wildman–Crippen LogP) is 5.22. The number of ether oxygens (including phenoxy) is 2. The van der Waals surface area contributed by atoms with Crippen LogP contribution >= 0.6 is 0 Å². The van der Waals surface area contributed by atoms with Crippen LogP contribution in [0.2, 0.25) is 0 Å². The number of benzene rings is 2. The molecule has 0 spiro atoms. The second kappa shape index (κ2) is 9.21. The van der Waals surface area contributed by atoms with E-state index in [0.29, 0.717) is 11.4 Å². The Hall–Kier alpha value is -2.36. The van der Waals surface area contributed by atoms with Crippen molar-refractivity contribution < 1.29 is 9.47 Å². The second-order valence-electron chi connectivity index (χ2n) is 6.52. The van der Waals surface area contributed by atoms with Gasteiger partial charge in [0.15, 0.2) is 0 Å². The van der Waals surface area contributed by atoms with Gasteiger partial charge in [-0.3, -0.25) is 0 Å². The van der Waals surface area contributed by atoms with Crippen molar-refractivity contribution in [1.82, 2.24) is 0 Å². The van der Waals surface area contributed by atoms with Gasteiger partial charge in [-0.2, -0.15) is 0 Å². The maximum atomic E-state index is 6.15. The van der Waals surface area contributed by atoms with E-state index in [9.17, 15) is 0 Å². The largest absolute Gasteiger partial charge is 0.455 e. The number of hydrogen-bond acceptors (Lipinski definition) is 4. The minimum Gasteiger partial charge on any atom is -0.455 e. The topological polar surface area (TPSA) is 70.5 Å². The molecule has 0 saturated carbocycles. The fraction of sp³-hybridized carbons (Fsp3) is 0.429. The van der Waals surface area contributed by atoms with Crippen molar-refractivity contribution in [2.45, 2.75) is 59.2 Å². The number of anilines is 2. The van der Waals surface area contributed by atoms with Gasteiger partial charge in [0, 0.05) is 12.1 Å². The lowest BCUT2D eigenvalue weighted by Gasteiger charge is -2.22. The van der Waals surface area contributed by atoms with Crippen molar-refractivity contribution in [3.05, 3.63) is 47.5 Å². The summed E-state index contributed by atoms with van der Waals surface area (Å²) in [4.78, 5) is 0. The second-order valence-corrected chi connectivity index (χ2v) is 6.52. The van der Waals surface area contributed by atoms with E-state index in [-0.39, 0.29) is 6.29 Å². The van der Waals surface area contributed by atoms with E-state index in [1.807, 2.05) is 50.2 Å². The van der Waals surface area contributed by atoms with Crippen molar-refractivity contribution >= 4 is 11.4 Å². The Bertz CT molecular complexity index is 686. The molecule has 0 aliphatic carbocycles. The standard InChI is InChI=1S/C21H30N2O2/c1-4-5-6-7-11-20(24-17-12-13-18(22)16(3)14-17)25-19-10-8-9-15(2)21(19)23/h8-10,12-14,20H,4-7,11,22-23H2,1-3H3. The van der Waals surface area contributed by atoms with Gasteiger partial charge < -0.3 is 20.9 Å². The normalized spacial score (nSPS) is 12.0. The summed E-state index contributed by atoms with van der Waals surface area (Å²) in [6.45, 7) is 6.15. The van der Waals surface area contributed by atoms with Gasteiger partial charge >= 0.3 is 0 Å². The van der Waals surface area contributed by atoms with E-state index in [4.69, 9.17) is 20.9 Å². The molecule has 0 fully saturated rings. The quantitative estimate of drug-likeness (QED) is 0.372. The van der Waals surface area contributed by atoms with Crippen LogP contribution in [0.15, 0.2) is 36.4 Å². The summed E-state index contributed by atoms with van der Waals surface area (Å²) >= 11 is 0. The first-order chi connectivity index (χ1) is 12.0. The molecule has 0 heterocycles. The molecule has 1 unspecified atom stereocenters. The molecule has 0 bridgehead atoms. The Morgan fingerprint density at radius 3 is 2.44 bits per heavy atom. The number of hydrogen-bond donors (Lipinski definition) is 2. The van der Waals surface area contributed by atoms with Crippen LogP contribution in [0.4, 0.5) is 11.4 Å². The Kier molecular flexibility index (Phi) is 6.99. The third kappa shape index (κ3) is 5.59. The molecular weight excluding hydrogens is 312 g/mol. The monoisotopic (exact) mass is 342 g/mol. The highest BCUT2D eigenvalue weighted by Gasteiger charge is 2.15. The number of unbranched alkanes of at least 4 members (excludes halogenated alkanes) is 3.